The first-order valence-corrected chi connectivity index (χ1v) is 8.54. The highest BCUT2D eigenvalue weighted by atomic mass is 16.5. The number of piperidine rings is 1. The second-order valence-corrected chi connectivity index (χ2v) is 6.04. The van der Waals surface area contributed by atoms with E-state index in [4.69, 9.17) is 9.47 Å². The maximum Gasteiger partial charge on any atom is 0.321 e. The Morgan fingerprint density at radius 2 is 2.08 bits per heavy atom. The van der Waals surface area contributed by atoms with Crippen LogP contribution in [0.15, 0.2) is 36.5 Å². The molecular formula is C18H24N4O3. The average molecular weight is 344 g/mol. The number of carbonyl (C=O) groups excluding carboxylic acids is 1. The molecule has 0 unspecified atom stereocenters. The summed E-state index contributed by atoms with van der Waals surface area (Å²) in [6, 6.07) is 9.36. The molecule has 7 heteroatoms. The van der Waals surface area contributed by atoms with Crippen LogP contribution in [0.3, 0.4) is 0 Å². The third-order valence-electron chi connectivity index (χ3n) is 4.42. The Morgan fingerprint density at radius 1 is 1.28 bits per heavy atom. The molecule has 1 saturated heterocycles. The first kappa shape index (κ1) is 17.3. The monoisotopic (exact) mass is 344 g/mol. The number of carbonyl (C=O) groups is 1. The number of amides is 2. The van der Waals surface area contributed by atoms with Crippen LogP contribution >= 0.6 is 0 Å². The van der Waals surface area contributed by atoms with Crippen molar-refractivity contribution in [2.75, 3.05) is 38.7 Å². The summed E-state index contributed by atoms with van der Waals surface area (Å²) < 4.78 is 10.7. The van der Waals surface area contributed by atoms with E-state index in [2.05, 4.69) is 15.5 Å². The standard InChI is InChI=1S/C18H24N4O3/c1-24-12-13-25-17-5-3-2-4-16(17)20-18(23)22-10-7-14(8-11-22)15-6-9-19-21-15/h2-6,9,14H,7-8,10-13H2,1H3,(H,19,21)(H,20,23). The predicted molar refractivity (Wildman–Crippen MR) is 95.0 cm³/mol. The number of nitrogens with one attached hydrogen (secondary N) is 2. The highest BCUT2D eigenvalue weighted by Gasteiger charge is 2.25. The molecule has 1 aliphatic heterocycles. The van der Waals surface area contributed by atoms with Crippen molar-refractivity contribution < 1.29 is 14.3 Å². The van der Waals surface area contributed by atoms with E-state index in [1.807, 2.05) is 35.2 Å². The number of methoxy groups -OCH3 is 1. The van der Waals surface area contributed by atoms with Crippen LogP contribution in [0.1, 0.15) is 24.5 Å². The maximum atomic E-state index is 12.6. The summed E-state index contributed by atoms with van der Waals surface area (Å²) in [5.41, 5.74) is 1.83. The first-order valence-electron chi connectivity index (χ1n) is 8.54. The Bertz CT molecular complexity index is 667. The zero-order valence-corrected chi connectivity index (χ0v) is 14.4. The second-order valence-electron chi connectivity index (χ2n) is 6.04. The number of rotatable bonds is 6. The van der Waals surface area contributed by atoms with Gasteiger partial charge in [0.1, 0.15) is 12.4 Å². The van der Waals surface area contributed by atoms with Gasteiger partial charge in [0.05, 0.1) is 12.3 Å². The third kappa shape index (κ3) is 4.51. The molecule has 0 spiro atoms. The number of benzene rings is 1. The molecule has 1 aliphatic rings. The summed E-state index contributed by atoms with van der Waals surface area (Å²) >= 11 is 0. The van der Waals surface area contributed by atoms with Gasteiger partial charge in [-0.3, -0.25) is 5.10 Å². The van der Waals surface area contributed by atoms with Crippen LogP contribution in [0.4, 0.5) is 10.5 Å². The Morgan fingerprint density at radius 3 is 2.80 bits per heavy atom. The van der Waals surface area contributed by atoms with E-state index < -0.39 is 0 Å². The van der Waals surface area contributed by atoms with Crippen molar-refractivity contribution in [3.8, 4) is 5.75 Å². The van der Waals surface area contributed by atoms with Crippen LogP contribution in [0.25, 0.3) is 0 Å². The van der Waals surface area contributed by atoms with Crippen LogP contribution in [0.2, 0.25) is 0 Å². The van der Waals surface area contributed by atoms with Crippen molar-refractivity contribution in [2.45, 2.75) is 18.8 Å². The van der Waals surface area contributed by atoms with Gasteiger partial charge in [0.15, 0.2) is 0 Å². The fourth-order valence-corrected chi connectivity index (χ4v) is 3.01. The average Bonchev–Trinajstić information content (AvgIpc) is 3.18. The number of anilines is 1. The number of aromatic amines is 1. The van der Waals surface area contributed by atoms with E-state index in [1.54, 1.807) is 13.3 Å². The number of urea groups is 1. The minimum atomic E-state index is -0.0918. The van der Waals surface area contributed by atoms with Crippen LogP contribution < -0.4 is 10.1 Å². The van der Waals surface area contributed by atoms with E-state index in [9.17, 15) is 4.79 Å². The molecule has 3 rings (SSSR count). The topological polar surface area (TPSA) is 79.5 Å². The zero-order valence-electron chi connectivity index (χ0n) is 14.4. The molecular weight excluding hydrogens is 320 g/mol. The van der Waals surface area contributed by atoms with Gasteiger partial charge in [0.25, 0.3) is 0 Å². The molecule has 1 fully saturated rings. The summed E-state index contributed by atoms with van der Waals surface area (Å²) in [5.74, 6) is 1.09. The smallest absolute Gasteiger partial charge is 0.321 e. The largest absolute Gasteiger partial charge is 0.489 e. The fourth-order valence-electron chi connectivity index (χ4n) is 3.01. The van der Waals surface area contributed by atoms with Gasteiger partial charge < -0.3 is 19.7 Å². The van der Waals surface area contributed by atoms with E-state index in [0.717, 1.165) is 31.6 Å². The number of aromatic nitrogens is 2. The molecule has 7 nitrogen and oxygen atoms in total. The Labute approximate surface area is 147 Å². The van der Waals surface area contributed by atoms with Gasteiger partial charge in [0.2, 0.25) is 0 Å². The molecule has 2 N–H and O–H groups in total. The van der Waals surface area contributed by atoms with Crippen LogP contribution in [-0.2, 0) is 4.74 Å². The number of nitrogens with zero attached hydrogens (tertiary/aromatic N) is 2. The van der Waals surface area contributed by atoms with Gasteiger partial charge in [-0.2, -0.15) is 5.10 Å². The van der Waals surface area contributed by atoms with Crippen LogP contribution in [0, 0.1) is 0 Å². The summed E-state index contributed by atoms with van der Waals surface area (Å²) in [4.78, 5) is 14.4. The molecule has 2 amide bonds. The SMILES string of the molecule is COCCOc1ccccc1NC(=O)N1CCC(c2ccn[nH]2)CC1. The normalized spacial score (nSPS) is 15.2. The van der Waals surface area contributed by atoms with Crippen molar-refractivity contribution in [3.63, 3.8) is 0 Å². The highest BCUT2D eigenvalue weighted by molar-refractivity contribution is 5.91. The summed E-state index contributed by atoms with van der Waals surface area (Å²) in [6.07, 6.45) is 3.64. The number of hydrogen-bond acceptors (Lipinski definition) is 4. The van der Waals surface area contributed by atoms with Gasteiger partial charge in [-0.05, 0) is 31.0 Å². The Kier molecular flexibility index (Phi) is 5.90. The minimum absolute atomic E-state index is 0.0918. The lowest BCUT2D eigenvalue weighted by molar-refractivity contribution is 0.146. The van der Waals surface area contributed by atoms with Gasteiger partial charge in [-0.1, -0.05) is 12.1 Å². The van der Waals surface area contributed by atoms with Gasteiger partial charge in [-0.25, -0.2) is 4.79 Å². The van der Waals surface area contributed by atoms with E-state index in [1.165, 1.54) is 0 Å². The van der Waals surface area contributed by atoms with Crippen molar-refractivity contribution >= 4 is 11.7 Å². The highest BCUT2D eigenvalue weighted by Crippen LogP contribution is 2.28. The lowest BCUT2D eigenvalue weighted by Gasteiger charge is -2.31. The van der Waals surface area contributed by atoms with Gasteiger partial charge >= 0.3 is 6.03 Å². The number of ether oxygens (including phenoxy) is 2. The molecule has 0 aliphatic carbocycles. The fraction of sp³-hybridized carbons (Fsp3) is 0.444. The maximum absolute atomic E-state index is 12.6. The van der Waals surface area contributed by atoms with Crippen LogP contribution in [-0.4, -0.2) is 54.5 Å². The molecule has 2 heterocycles. The summed E-state index contributed by atoms with van der Waals surface area (Å²) in [6.45, 7) is 2.40. The third-order valence-corrected chi connectivity index (χ3v) is 4.42. The number of para-hydroxylation sites is 2. The molecule has 1 aromatic carbocycles. The van der Waals surface area contributed by atoms with Crippen molar-refractivity contribution in [3.05, 3.63) is 42.2 Å². The molecule has 0 atom stereocenters. The number of likely N-dealkylation sites (tertiary alicyclic amines) is 1. The lowest BCUT2D eigenvalue weighted by atomic mass is 9.94. The van der Waals surface area contributed by atoms with E-state index in [0.29, 0.717) is 30.6 Å². The molecule has 0 saturated carbocycles. The van der Waals surface area contributed by atoms with Gasteiger partial charge in [0, 0.05) is 38.0 Å². The summed E-state index contributed by atoms with van der Waals surface area (Å²) in [5, 5.41) is 9.99. The molecule has 0 radical (unpaired) electrons. The molecule has 134 valence electrons. The Balaban J connectivity index is 1.54. The zero-order chi connectivity index (χ0) is 17.5. The number of hydrogen-bond donors (Lipinski definition) is 2. The van der Waals surface area contributed by atoms with E-state index in [-0.39, 0.29) is 6.03 Å². The Hall–Kier alpha value is -2.54. The van der Waals surface area contributed by atoms with E-state index >= 15 is 0 Å². The van der Waals surface area contributed by atoms with Crippen molar-refractivity contribution in [1.29, 1.82) is 0 Å². The van der Waals surface area contributed by atoms with Crippen molar-refractivity contribution in [1.82, 2.24) is 15.1 Å². The lowest BCUT2D eigenvalue weighted by Crippen LogP contribution is -2.40. The van der Waals surface area contributed by atoms with Crippen LogP contribution in [0.5, 0.6) is 5.75 Å². The molecule has 0 bridgehead atoms. The van der Waals surface area contributed by atoms with Crippen molar-refractivity contribution in [2.24, 2.45) is 0 Å². The second kappa shape index (κ2) is 8.53. The van der Waals surface area contributed by atoms with Gasteiger partial charge in [-0.15, -0.1) is 0 Å². The number of H-pyrrole nitrogens is 1. The molecule has 25 heavy (non-hydrogen) atoms. The quantitative estimate of drug-likeness (QED) is 0.790. The molecule has 2 aromatic rings. The predicted octanol–water partition coefficient (Wildman–Crippen LogP) is 2.85. The molecule has 1 aromatic heterocycles. The summed E-state index contributed by atoms with van der Waals surface area (Å²) in [7, 11) is 1.63. The first-order chi connectivity index (χ1) is 12.3. The minimum Gasteiger partial charge on any atom is -0.489 e.